The summed E-state index contributed by atoms with van der Waals surface area (Å²) in [6.07, 6.45) is 6.21. The van der Waals surface area contributed by atoms with Gasteiger partial charge in [0.1, 0.15) is 11.6 Å². The van der Waals surface area contributed by atoms with Gasteiger partial charge in [-0.1, -0.05) is 18.5 Å². The highest BCUT2D eigenvalue weighted by atomic mass is 35.5. The van der Waals surface area contributed by atoms with Crippen LogP contribution in [0.3, 0.4) is 0 Å². The molecule has 0 N–H and O–H groups in total. The monoisotopic (exact) mass is 444 g/mol. The molecule has 0 radical (unpaired) electrons. The van der Waals surface area contributed by atoms with E-state index in [0.717, 1.165) is 45.3 Å². The zero-order chi connectivity index (χ0) is 19.9. The number of benzene rings is 1. The van der Waals surface area contributed by atoms with Gasteiger partial charge < -0.3 is 9.64 Å². The zero-order valence-corrected chi connectivity index (χ0v) is 18.8. The van der Waals surface area contributed by atoms with Crippen molar-refractivity contribution in [3.63, 3.8) is 0 Å². The van der Waals surface area contributed by atoms with E-state index in [0.29, 0.717) is 28.8 Å². The standard InChI is InChI=1S/C22H30ClFN2O2.ClH/c1-22(5-6-22)21(27)25(2)13-15-9-16(10-15)28-17-11-19(23)18(20(24)12-17)14-26-7-3-4-8-26;/h11-12,15-16H,3-10,13-14H2,1-2H3;1H. The molecule has 0 unspecified atom stereocenters. The quantitative estimate of drug-likeness (QED) is 0.598. The van der Waals surface area contributed by atoms with Crippen LogP contribution in [0, 0.1) is 17.2 Å². The summed E-state index contributed by atoms with van der Waals surface area (Å²) in [5.41, 5.74) is 0.454. The van der Waals surface area contributed by atoms with E-state index < -0.39 is 0 Å². The highest BCUT2D eigenvalue weighted by molar-refractivity contribution is 6.31. The van der Waals surface area contributed by atoms with Gasteiger partial charge in [0.15, 0.2) is 0 Å². The molecule has 0 spiro atoms. The van der Waals surface area contributed by atoms with E-state index in [1.165, 1.54) is 18.9 Å². The van der Waals surface area contributed by atoms with Crippen molar-refractivity contribution in [2.45, 2.75) is 58.1 Å². The van der Waals surface area contributed by atoms with Crippen LogP contribution in [0.2, 0.25) is 5.02 Å². The highest BCUT2D eigenvalue weighted by Gasteiger charge is 2.47. The van der Waals surface area contributed by atoms with Crippen molar-refractivity contribution < 1.29 is 13.9 Å². The van der Waals surface area contributed by atoms with Crippen LogP contribution in [0.15, 0.2) is 12.1 Å². The van der Waals surface area contributed by atoms with Crippen LogP contribution in [-0.4, -0.2) is 48.5 Å². The number of likely N-dealkylation sites (tertiary alicyclic amines) is 1. The first-order chi connectivity index (χ1) is 13.3. The van der Waals surface area contributed by atoms with Crippen LogP contribution in [0.25, 0.3) is 0 Å². The Bertz CT molecular complexity index is 721. The van der Waals surface area contributed by atoms with Gasteiger partial charge in [0.05, 0.1) is 11.1 Å². The third kappa shape index (κ3) is 5.18. The summed E-state index contributed by atoms with van der Waals surface area (Å²) in [4.78, 5) is 16.5. The summed E-state index contributed by atoms with van der Waals surface area (Å²) in [5, 5.41) is 0.445. The van der Waals surface area contributed by atoms with Gasteiger partial charge in [-0.05, 0) is 63.6 Å². The van der Waals surface area contributed by atoms with Gasteiger partial charge in [0, 0.05) is 37.2 Å². The number of halogens is 3. The summed E-state index contributed by atoms with van der Waals surface area (Å²) in [6.45, 7) is 5.40. The zero-order valence-electron chi connectivity index (χ0n) is 17.3. The normalized spacial score (nSPS) is 25.1. The lowest BCUT2D eigenvalue weighted by atomic mass is 9.81. The Kier molecular flexibility index (Phi) is 7.02. The first-order valence-electron chi connectivity index (χ1n) is 10.5. The second-order valence-electron chi connectivity index (χ2n) is 9.17. The average Bonchev–Trinajstić information content (AvgIpc) is 3.15. The molecule has 1 heterocycles. The third-order valence-electron chi connectivity index (χ3n) is 6.59. The minimum atomic E-state index is -0.284. The van der Waals surface area contributed by atoms with E-state index in [1.807, 2.05) is 18.9 Å². The molecule has 0 atom stereocenters. The van der Waals surface area contributed by atoms with E-state index in [-0.39, 0.29) is 35.7 Å². The molecular weight excluding hydrogens is 414 g/mol. The third-order valence-corrected chi connectivity index (χ3v) is 6.92. The molecule has 29 heavy (non-hydrogen) atoms. The molecule has 2 aliphatic carbocycles. The Morgan fingerprint density at radius 2 is 1.97 bits per heavy atom. The molecule has 162 valence electrons. The molecule has 1 saturated heterocycles. The maximum Gasteiger partial charge on any atom is 0.228 e. The van der Waals surface area contributed by atoms with Gasteiger partial charge in [-0.2, -0.15) is 0 Å². The fraction of sp³-hybridized carbons (Fsp3) is 0.682. The largest absolute Gasteiger partial charge is 0.490 e. The van der Waals surface area contributed by atoms with Gasteiger partial charge >= 0.3 is 0 Å². The van der Waals surface area contributed by atoms with Crippen LogP contribution in [-0.2, 0) is 11.3 Å². The molecule has 0 bridgehead atoms. The van der Waals surface area contributed by atoms with Crippen molar-refractivity contribution in [2.75, 3.05) is 26.7 Å². The number of carbonyl (C=O) groups is 1. The number of rotatable bonds is 7. The second-order valence-corrected chi connectivity index (χ2v) is 9.58. The van der Waals surface area contributed by atoms with E-state index in [1.54, 1.807) is 6.07 Å². The van der Waals surface area contributed by atoms with Gasteiger partial charge in [0.2, 0.25) is 5.91 Å². The molecule has 1 aliphatic heterocycles. The first kappa shape index (κ1) is 22.6. The molecule has 7 heteroatoms. The van der Waals surface area contributed by atoms with E-state index in [9.17, 15) is 9.18 Å². The van der Waals surface area contributed by atoms with Gasteiger partial charge in [-0.15, -0.1) is 12.4 Å². The van der Waals surface area contributed by atoms with Gasteiger partial charge in [0.25, 0.3) is 0 Å². The summed E-state index contributed by atoms with van der Waals surface area (Å²) in [6, 6.07) is 3.21. The topological polar surface area (TPSA) is 32.8 Å². The minimum absolute atomic E-state index is 0. The summed E-state index contributed by atoms with van der Waals surface area (Å²) in [5.74, 6) is 0.940. The SMILES string of the molecule is CN(CC1CC(Oc2cc(F)c(CN3CCCC3)c(Cl)c2)C1)C(=O)C1(C)CC1.Cl. The van der Waals surface area contributed by atoms with E-state index >= 15 is 0 Å². The first-order valence-corrected chi connectivity index (χ1v) is 10.8. The lowest BCUT2D eigenvalue weighted by Gasteiger charge is -2.38. The molecule has 3 fully saturated rings. The Morgan fingerprint density at radius 3 is 2.55 bits per heavy atom. The smallest absolute Gasteiger partial charge is 0.228 e. The van der Waals surface area contributed by atoms with Crippen molar-refractivity contribution in [3.05, 3.63) is 28.5 Å². The number of nitrogens with zero attached hydrogens (tertiary/aromatic N) is 2. The van der Waals surface area contributed by atoms with Gasteiger partial charge in [-0.3, -0.25) is 9.69 Å². The lowest BCUT2D eigenvalue weighted by molar-refractivity contribution is -0.136. The Balaban J connectivity index is 0.00000240. The van der Waals surface area contributed by atoms with Crippen molar-refractivity contribution in [1.29, 1.82) is 0 Å². The van der Waals surface area contributed by atoms with E-state index in [2.05, 4.69) is 4.90 Å². The molecule has 1 aromatic rings. The molecular formula is C22H31Cl2FN2O2. The fourth-order valence-corrected chi connectivity index (χ4v) is 4.67. The molecule has 0 aromatic heterocycles. The van der Waals surface area contributed by atoms with Crippen molar-refractivity contribution >= 4 is 29.9 Å². The predicted molar refractivity (Wildman–Crippen MR) is 115 cm³/mol. The predicted octanol–water partition coefficient (Wildman–Crippen LogP) is 4.91. The van der Waals surface area contributed by atoms with Crippen molar-refractivity contribution in [3.8, 4) is 5.75 Å². The van der Waals surface area contributed by atoms with Crippen LogP contribution in [0.5, 0.6) is 5.75 Å². The molecule has 1 aromatic carbocycles. The lowest BCUT2D eigenvalue weighted by Crippen LogP contribution is -2.43. The van der Waals surface area contributed by atoms with Gasteiger partial charge in [-0.25, -0.2) is 4.39 Å². The Hall–Kier alpha value is -1.04. The minimum Gasteiger partial charge on any atom is -0.490 e. The number of carbonyl (C=O) groups excluding carboxylic acids is 1. The van der Waals surface area contributed by atoms with Crippen LogP contribution < -0.4 is 4.74 Å². The Labute approximate surface area is 184 Å². The summed E-state index contributed by atoms with van der Waals surface area (Å²) < 4.78 is 20.5. The molecule has 4 rings (SSSR count). The Morgan fingerprint density at radius 1 is 1.31 bits per heavy atom. The molecule has 2 saturated carbocycles. The highest BCUT2D eigenvalue weighted by Crippen LogP contribution is 2.46. The number of hydrogen-bond acceptors (Lipinski definition) is 3. The van der Waals surface area contributed by atoms with Crippen molar-refractivity contribution in [2.24, 2.45) is 11.3 Å². The maximum atomic E-state index is 14.6. The van der Waals surface area contributed by atoms with Crippen LogP contribution in [0.1, 0.15) is 51.0 Å². The fourth-order valence-electron chi connectivity index (χ4n) is 4.41. The van der Waals surface area contributed by atoms with Crippen LogP contribution in [0.4, 0.5) is 4.39 Å². The summed E-state index contributed by atoms with van der Waals surface area (Å²) in [7, 11) is 1.90. The number of ether oxygens (including phenoxy) is 1. The molecule has 4 nitrogen and oxygen atoms in total. The van der Waals surface area contributed by atoms with E-state index in [4.69, 9.17) is 16.3 Å². The maximum absolute atomic E-state index is 14.6. The molecule has 3 aliphatic rings. The summed E-state index contributed by atoms with van der Waals surface area (Å²) >= 11 is 6.35. The number of hydrogen-bond donors (Lipinski definition) is 0. The van der Waals surface area contributed by atoms with Crippen LogP contribution >= 0.6 is 24.0 Å². The average molecular weight is 445 g/mol. The second kappa shape index (κ2) is 8.99. The number of amides is 1. The van der Waals surface area contributed by atoms with Crippen molar-refractivity contribution in [1.82, 2.24) is 9.80 Å². The molecule has 1 amide bonds.